The summed E-state index contributed by atoms with van der Waals surface area (Å²) in [4.78, 5) is 0. The molecule has 0 aliphatic rings. The molecule has 0 aromatic heterocycles. The SMILES string of the molecule is Oc1cc(Cl)c(O)c(/C=C\COCc2ccccc2)c1Cl. The Labute approximate surface area is 133 Å². The average Bonchev–Trinajstić information content (AvgIpc) is 2.49. The lowest BCUT2D eigenvalue weighted by molar-refractivity contribution is 0.149. The van der Waals surface area contributed by atoms with Crippen molar-refractivity contribution in [2.45, 2.75) is 6.61 Å². The predicted molar refractivity (Wildman–Crippen MR) is 84.9 cm³/mol. The first-order valence-corrected chi connectivity index (χ1v) is 7.03. The van der Waals surface area contributed by atoms with E-state index in [1.807, 2.05) is 30.3 Å². The van der Waals surface area contributed by atoms with E-state index in [1.165, 1.54) is 6.07 Å². The topological polar surface area (TPSA) is 49.7 Å². The van der Waals surface area contributed by atoms with Crippen molar-refractivity contribution in [2.24, 2.45) is 0 Å². The molecular weight excluding hydrogens is 311 g/mol. The van der Waals surface area contributed by atoms with Crippen molar-refractivity contribution in [2.75, 3.05) is 6.61 Å². The van der Waals surface area contributed by atoms with Gasteiger partial charge in [0.05, 0.1) is 23.3 Å². The third-order valence-corrected chi connectivity index (χ3v) is 3.50. The standard InChI is InChI=1S/C16H14Cl2O3/c17-13-9-14(19)15(18)12(16(13)20)7-4-8-21-10-11-5-2-1-3-6-11/h1-7,9,19-20H,8,10H2/b7-4-. The Morgan fingerprint density at radius 3 is 2.52 bits per heavy atom. The van der Waals surface area contributed by atoms with Crippen LogP contribution < -0.4 is 0 Å². The smallest absolute Gasteiger partial charge is 0.143 e. The zero-order valence-electron chi connectivity index (χ0n) is 11.1. The van der Waals surface area contributed by atoms with E-state index in [0.29, 0.717) is 13.2 Å². The Morgan fingerprint density at radius 2 is 1.81 bits per heavy atom. The number of hydrogen-bond acceptors (Lipinski definition) is 3. The highest BCUT2D eigenvalue weighted by Gasteiger charge is 2.12. The van der Waals surface area contributed by atoms with E-state index >= 15 is 0 Å². The molecule has 21 heavy (non-hydrogen) atoms. The molecule has 110 valence electrons. The van der Waals surface area contributed by atoms with Crippen molar-refractivity contribution in [1.29, 1.82) is 0 Å². The van der Waals surface area contributed by atoms with Gasteiger partial charge in [0.1, 0.15) is 11.5 Å². The summed E-state index contributed by atoms with van der Waals surface area (Å²) in [6, 6.07) is 11.0. The summed E-state index contributed by atoms with van der Waals surface area (Å²) in [7, 11) is 0. The molecule has 0 aliphatic heterocycles. The maximum Gasteiger partial charge on any atom is 0.143 e. The van der Waals surface area contributed by atoms with Crippen LogP contribution in [0.25, 0.3) is 6.08 Å². The van der Waals surface area contributed by atoms with Crippen LogP contribution in [0.3, 0.4) is 0 Å². The largest absolute Gasteiger partial charge is 0.506 e. The van der Waals surface area contributed by atoms with Gasteiger partial charge in [-0.05, 0) is 5.56 Å². The van der Waals surface area contributed by atoms with E-state index in [-0.39, 0.29) is 27.1 Å². The number of benzene rings is 2. The number of aromatic hydroxyl groups is 2. The maximum atomic E-state index is 9.82. The summed E-state index contributed by atoms with van der Waals surface area (Å²) in [5.41, 5.74) is 1.34. The Kier molecular flexibility index (Phi) is 5.51. The molecule has 0 radical (unpaired) electrons. The van der Waals surface area contributed by atoms with Gasteiger partial charge in [-0.1, -0.05) is 65.7 Å². The molecule has 2 N–H and O–H groups in total. The molecule has 0 heterocycles. The molecular formula is C16H14Cl2O3. The summed E-state index contributed by atoms with van der Waals surface area (Å²) in [6.45, 7) is 0.837. The molecule has 2 aromatic rings. The molecule has 5 heteroatoms. The van der Waals surface area contributed by atoms with Gasteiger partial charge >= 0.3 is 0 Å². The van der Waals surface area contributed by atoms with Gasteiger partial charge in [0.15, 0.2) is 0 Å². The minimum Gasteiger partial charge on any atom is -0.506 e. The quantitative estimate of drug-likeness (QED) is 0.622. The Bertz CT molecular complexity index is 613. The molecule has 2 rings (SSSR count). The van der Waals surface area contributed by atoms with E-state index in [0.717, 1.165) is 5.56 Å². The van der Waals surface area contributed by atoms with Crippen LogP contribution in [0, 0.1) is 0 Å². The van der Waals surface area contributed by atoms with Crippen LogP contribution in [0.5, 0.6) is 11.5 Å². The zero-order chi connectivity index (χ0) is 15.2. The van der Waals surface area contributed by atoms with Crippen molar-refractivity contribution in [3.8, 4) is 11.5 Å². The lowest BCUT2D eigenvalue weighted by atomic mass is 10.1. The van der Waals surface area contributed by atoms with Crippen LogP contribution in [0.2, 0.25) is 10.0 Å². The number of hydrogen-bond donors (Lipinski definition) is 2. The summed E-state index contributed by atoms with van der Waals surface area (Å²) in [5.74, 6) is -0.344. The number of halogens is 2. The first kappa shape index (κ1) is 15.7. The van der Waals surface area contributed by atoms with Crippen LogP contribution >= 0.6 is 23.2 Å². The number of phenols is 2. The highest BCUT2D eigenvalue weighted by molar-refractivity contribution is 6.36. The number of ether oxygens (including phenoxy) is 1. The van der Waals surface area contributed by atoms with Crippen LogP contribution in [-0.2, 0) is 11.3 Å². The van der Waals surface area contributed by atoms with Crippen LogP contribution in [-0.4, -0.2) is 16.8 Å². The monoisotopic (exact) mass is 324 g/mol. The molecule has 0 saturated carbocycles. The lowest BCUT2D eigenvalue weighted by Crippen LogP contribution is -1.92. The molecule has 0 atom stereocenters. The molecule has 3 nitrogen and oxygen atoms in total. The fourth-order valence-corrected chi connectivity index (χ4v) is 2.17. The van der Waals surface area contributed by atoms with Gasteiger partial charge < -0.3 is 14.9 Å². The van der Waals surface area contributed by atoms with Gasteiger partial charge in [-0.15, -0.1) is 0 Å². The second kappa shape index (κ2) is 7.36. The highest BCUT2D eigenvalue weighted by Crippen LogP contribution is 2.40. The van der Waals surface area contributed by atoms with Crippen molar-refractivity contribution in [3.05, 3.63) is 63.6 Å². The molecule has 0 unspecified atom stereocenters. The normalized spacial score (nSPS) is 11.1. The van der Waals surface area contributed by atoms with Gasteiger partial charge in [-0.2, -0.15) is 0 Å². The second-order valence-electron chi connectivity index (χ2n) is 4.36. The molecule has 0 fully saturated rings. The van der Waals surface area contributed by atoms with E-state index in [9.17, 15) is 10.2 Å². The minimum absolute atomic E-state index is 0.0433. The molecule has 2 aromatic carbocycles. The van der Waals surface area contributed by atoms with Gasteiger partial charge in [-0.25, -0.2) is 0 Å². The third kappa shape index (κ3) is 4.14. The molecule has 0 aliphatic carbocycles. The van der Waals surface area contributed by atoms with Crippen molar-refractivity contribution >= 4 is 29.3 Å². The van der Waals surface area contributed by atoms with Crippen molar-refractivity contribution < 1.29 is 14.9 Å². The summed E-state index contributed by atoms with van der Waals surface area (Å²) in [5, 5.41) is 19.5. The molecule has 0 amide bonds. The van der Waals surface area contributed by atoms with Gasteiger partial charge in [0.25, 0.3) is 0 Å². The van der Waals surface area contributed by atoms with E-state index < -0.39 is 0 Å². The second-order valence-corrected chi connectivity index (χ2v) is 5.14. The lowest BCUT2D eigenvalue weighted by Gasteiger charge is -2.06. The number of rotatable bonds is 5. The number of phenolic OH excluding ortho intramolecular Hbond substituents is 2. The predicted octanol–water partition coefficient (Wildman–Crippen LogP) is 4.63. The van der Waals surface area contributed by atoms with E-state index in [4.69, 9.17) is 27.9 Å². The highest BCUT2D eigenvalue weighted by atomic mass is 35.5. The first-order valence-electron chi connectivity index (χ1n) is 6.27. The van der Waals surface area contributed by atoms with E-state index in [1.54, 1.807) is 12.2 Å². The summed E-state index contributed by atoms with van der Waals surface area (Å²) >= 11 is 11.7. The molecule has 0 saturated heterocycles. The van der Waals surface area contributed by atoms with E-state index in [2.05, 4.69) is 0 Å². The van der Waals surface area contributed by atoms with Gasteiger partial charge in [0, 0.05) is 11.6 Å². The Balaban J connectivity index is 1.96. The van der Waals surface area contributed by atoms with Crippen LogP contribution in [0.1, 0.15) is 11.1 Å². The third-order valence-electron chi connectivity index (χ3n) is 2.82. The van der Waals surface area contributed by atoms with Crippen LogP contribution in [0.4, 0.5) is 0 Å². The van der Waals surface area contributed by atoms with Crippen molar-refractivity contribution in [1.82, 2.24) is 0 Å². The summed E-state index contributed by atoms with van der Waals surface area (Å²) < 4.78 is 5.47. The fraction of sp³-hybridized carbons (Fsp3) is 0.125. The molecule has 0 spiro atoms. The fourth-order valence-electron chi connectivity index (χ4n) is 1.76. The minimum atomic E-state index is -0.177. The van der Waals surface area contributed by atoms with Crippen LogP contribution in [0.15, 0.2) is 42.5 Å². The van der Waals surface area contributed by atoms with Crippen molar-refractivity contribution in [3.63, 3.8) is 0 Å². The summed E-state index contributed by atoms with van der Waals surface area (Å²) in [6.07, 6.45) is 3.26. The molecule has 0 bridgehead atoms. The van der Waals surface area contributed by atoms with Gasteiger partial charge in [-0.3, -0.25) is 0 Å². The first-order chi connectivity index (χ1) is 10.1. The average molecular weight is 325 g/mol. The maximum absolute atomic E-state index is 9.82. The Morgan fingerprint density at radius 1 is 1.10 bits per heavy atom. The Hall–Kier alpha value is -1.68. The zero-order valence-corrected chi connectivity index (χ0v) is 12.6. The van der Waals surface area contributed by atoms with Gasteiger partial charge in [0.2, 0.25) is 0 Å².